The maximum absolute atomic E-state index is 13.6. The van der Waals surface area contributed by atoms with Crippen LogP contribution in [0.2, 0.25) is 0 Å². The number of para-hydroxylation sites is 1. The molecule has 1 rings (SSSR count). The summed E-state index contributed by atoms with van der Waals surface area (Å²) in [6.07, 6.45) is 3.12. The lowest BCUT2D eigenvalue weighted by Gasteiger charge is -2.48. The van der Waals surface area contributed by atoms with Crippen LogP contribution in [0, 0.1) is 0 Å². The Morgan fingerprint density at radius 3 is 1.82 bits per heavy atom. The van der Waals surface area contributed by atoms with Gasteiger partial charge in [0.2, 0.25) is 5.79 Å². The summed E-state index contributed by atoms with van der Waals surface area (Å²) in [4.78, 5) is 26.7. The zero-order chi connectivity index (χ0) is 29.7. The van der Waals surface area contributed by atoms with Gasteiger partial charge >= 0.3 is 11.9 Å². The summed E-state index contributed by atoms with van der Waals surface area (Å²) in [6, 6.07) is 8.12. The molecule has 1 aromatic carbocycles. The van der Waals surface area contributed by atoms with Gasteiger partial charge in [0.15, 0.2) is 16.8 Å². The fourth-order valence-electron chi connectivity index (χ4n) is 4.91. The fraction of sp³-hybridized carbons (Fsp3) is 0.733. The molecule has 5 atom stereocenters. The van der Waals surface area contributed by atoms with Crippen molar-refractivity contribution in [2.45, 2.75) is 140 Å². The molecule has 0 saturated heterocycles. The molecular formula is C30H50O9. The van der Waals surface area contributed by atoms with Crippen molar-refractivity contribution >= 4 is 11.9 Å². The molecule has 9 heteroatoms. The first kappa shape index (κ1) is 35.0. The van der Waals surface area contributed by atoms with E-state index in [0.717, 1.165) is 32.6 Å². The lowest BCUT2D eigenvalue weighted by molar-refractivity contribution is -0.307. The molecule has 0 spiro atoms. The zero-order valence-electron chi connectivity index (χ0n) is 24.3. The predicted octanol–water partition coefficient (Wildman–Crippen LogP) is 4.16. The van der Waals surface area contributed by atoms with Crippen LogP contribution in [-0.2, 0) is 14.3 Å². The fourth-order valence-corrected chi connectivity index (χ4v) is 4.91. The number of unbranched alkanes of at least 4 members (excludes halogenated alkanes) is 6. The van der Waals surface area contributed by atoms with Gasteiger partial charge in [-0.1, -0.05) is 84.4 Å². The third-order valence-electron chi connectivity index (χ3n) is 7.64. The van der Waals surface area contributed by atoms with Crippen LogP contribution in [0.15, 0.2) is 30.3 Å². The predicted molar refractivity (Wildman–Crippen MR) is 148 cm³/mol. The quantitative estimate of drug-likeness (QED) is 0.0734. The van der Waals surface area contributed by atoms with Gasteiger partial charge in [0.1, 0.15) is 5.75 Å². The maximum atomic E-state index is 13.6. The van der Waals surface area contributed by atoms with Gasteiger partial charge in [-0.2, -0.15) is 0 Å². The second-order valence-corrected chi connectivity index (χ2v) is 10.6. The van der Waals surface area contributed by atoms with Crippen molar-refractivity contribution in [1.82, 2.24) is 0 Å². The van der Waals surface area contributed by atoms with Crippen molar-refractivity contribution < 1.29 is 44.6 Å². The Morgan fingerprint density at radius 2 is 1.33 bits per heavy atom. The van der Waals surface area contributed by atoms with Crippen molar-refractivity contribution in [1.29, 1.82) is 0 Å². The first-order valence-corrected chi connectivity index (χ1v) is 14.4. The van der Waals surface area contributed by atoms with E-state index in [0.29, 0.717) is 19.3 Å². The molecule has 0 aromatic heterocycles. The Morgan fingerprint density at radius 1 is 0.795 bits per heavy atom. The van der Waals surface area contributed by atoms with Crippen LogP contribution in [0.5, 0.6) is 5.75 Å². The van der Waals surface area contributed by atoms with Gasteiger partial charge in [0.25, 0.3) is 0 Å². The van der Waals surface area contributed by atoms with Crippen LogP contribution in [-0.4, -0.2) is 66.2 Å². The number of ether oxygens (including phenoxy) is 2. The molecule has 0 saturated carbocycles. The van der Waals surface area contributed by atoms with Gasteiger partial charge < -0.3 is 35.0 Å². The van der Waals surface area contributed by atoms with Crippen molar-refractivity contribution in [3.05, 3.63) is 30.3 Å². The average molecular weight is 555 g/mol. The number of benzene rings is 1. The lowest BCUT2D eigenvalue weighted by atomic mass is 9.72. The molecule has 5 unspecified atom stereocenters. The first-order valence-electron chi connectivity index (χ1n) is 14.4. The summed E-state index contributed by atoms with van der Waals surface area (Å²) in [7, 11) is 0. The Bertz CT molecular complexity index is 874. The molecule has 0 fully saturated rings. The second kappa shape index (κ2) is 15.7. The van der Waals surface area contributed by atoms with Crippen LogP contribution in [0.25, 0.3) is 0 Å². The Labute approximate surface area is 233 Å². The SMILES string of the molecule is CCCCCCC(O)(C(=O)OC(=O)C(O)(CCCCCC)C(O)(CC)C(C)(O)Oc1ccccc1)C(O)CC. The molecule has 0 radical (unpaired) electrons. The van der Waals surface area contributed by atoms with E-state index in [1.165, 1.54) is 19.1 Å². The number of carbonyl (C=O) groups excluding carboxylic acids is 2. The van der Waals surface area contributed by atoms with E-state index in [9.17, 15) is 35.1 Å². The van der Waals surface area contributed by atoms with Gasteiger partial charge in [-0.25, -0.2) is 9.59 Å². The van der Waals surface area contributed by atoms with E-state index in [1.54, 1.807) is 25.1 Å². The van der Waals surface area contributed by atoms with Gasteiger partial charge in [0, 0.05) is 6.92 Å². The summed E-state index contributed by atoms with van der Waals surface area (Å²) >= 11 is 0. The minimum absolute atomic E-state index is 0.0212. The summed E-state index contributed by atoms with van der Waals surface area (Å²) in [5, 5.41) is 56.5. The highest BCUT2D eigenvalue weighted by Crippen LogP contribution is 2.42. The molecule has 0 aliphatic heterocycles. The molecule has 0 amide bonds. The topological polar surface area (TPSA) is 154 Å². The Kier molecular flexibility index (Phi) is 14.1. The number of carbonyl (C=O) groups is 2. The third-order valence-corrected chi connectivity index (χ3v) is 7.64. The standard InChI is InChI=1S/C30H50O9/c1-6-10-12-17-21-28(35,24(31)8-3)25(32)38-26(33)29(36,22-18-13-11-7-2)30(37,9-4)27(5,34)39-23-19-15-14-16-20-23/h14-16,19-20,24,31,34-37H,6-13,17-18,21-22H2,1-5H3. The van der Waals surface area contributed by atoms with Gasteiger partial charge in [-0.3, -0.25) is 0 Å². The van der Waals surface area contributed by atoms with E-state index in [2.05, 4.69) is 0 Å². The van der Waals surface area contributed by atoms with Crippen LogP contribution in [0.3, 0.4) is 0 Å². The first-order chi connectivity index (χ1) is 18.3. The van der Waals surface area contributed by atoms with Crippen LogP contribution < -0.4 is 4.74 Å². The molecule has 39 heavy (non-hydrogen) atoms. The van der Waals surface area contributed by atoms with Crippen molar-refractivity contribution in [2.75, 3.05) is 0 Å². The minimum Gasteiger partial charge on any atom is -0.460 e. The summed E-state index contributed by atoms with van der Waals surface area (Å²) in [5.74, 6) is -5.25. The number of hydrogen-bond donors (Lipinski definition) is 5. The summed E-state index contributed by atoms with van der Waals surface area (Å²) in [6.45, 7) is 8.15. The summed E-state index contributed by atoms with van der Waals surface area (Å²) < 4.78 is 10.7. The molecule has 224 valence electrons. The van der Waals surface area contributed by atoms with E-state index in [4.69, 9.17) is 9.47 Å². The number of esters is 2. The largest absolute Gasteiger partial charge is 0.460 e. The Balaban J connectivity index is 3.40. The smallest absolute Gasteiger partial charge is 0.349 e. The minimum atomic E-state index is -2.79. The molecule has 0 bridgehead atoms. The van der Waals surface area contributed by atoms with Crippen molar-refractivity contribution in [3.63, 3.8) is 0 Å². The van der Waals surface area contributed by atoms with E-state index in [-0.39, 0.29) is 37.9 Å². The molecule has 9 nitrogen and oxygen atoms in total. The van der Waals surface area contributed by atoms with Crippen molar-refractivity contribution in [2.24, 2.45) is 0 Å². The van der Waals surface area contributed by atoms with E-state index in [1.807, 2.05) is 13.8 Å². The third kappa shape index (κ3) is 8.47. The second-order valence-electron chi connectivity index (χ2n) is 10.6. The number of rotatable bonds is 19. The highest BCUT2D eigenvalue weighted by molar-refractivity contribution is 5.95. The lowest BCUT2D eigenvalue weighted by Crippen LogP contribution is -2.72. The van der Waals surface area contributed by atoms with E-state index >= 15 is 0 Å². The molecule has 0 aliphatic rings. The number of hydrogen-bond acceptors (Lipinski definition) is 9. The summed E-state index contributed by atoms with van der Waals surface area (Å²) in [5.41, 5.74) is -7.79. The number of aliphatic hydroxyl groups excluding tert-OH is 1. The van der Waals surface area contributed by atoms with Gasteiger partial charge in [-0.15, -0.1) is 0 Å². The van der Waals surface area contributed by atoms with Gasteiger partial charge in [-0.05, 0) is 50.7 Å². The average Bonchev–Trinajstić information content (AvgIpc) is 2.92. The molecule has 0 heterocycles. The van der Waals surface area contributed by atoms with Crippen LogP contribution >= 0.6 is 0 Å². The molecule has 0 aliphatic carbocycles. The zero-order valence-corrected chi connectivity index (χ0v) is 24.3. The maximum Gasteiger partial charge on any atom is 0.349 e. The molecule has 1 aromatic rings. The highest BCUT2D eigenvalue weighted by atomic mass is 16.6. The monoisotopic (exact) mass is 554 g/mol. The normalized spacial score (nSPS) is 18.6. The van der Waals surface area contributed by atoms with Gasteiger partial charge in [0.05, 0.1) is 6.10 Å². The van der Waals surface area contributed by atoms with Crippen LogP contribution in [0.1, 0.15) is 112 Å². The van der Waals surface area contributed by atoms with Crippen molar-refractivity contribution in [3.8, 4) is 5.75 Å². The molecular weight excluding hydrogens is 504 g/mol. The molecule has 5 N–H and O–H groups in total. The van der Waals surface area contributed by atoms with E-state index < -0.39 is 40.6 Å². The van der Waals surface area contributed by atoms with Crippen LogP contribution in [0.4, 0.5) is 0 Å². The Hall–Kier alpha value is -2.04. The number of aliphatic hydroxyl groups is 5. The highest BCUT2D eigenvalue weighted by Gasteiger charge is 2.65.